The molecule has 1 aliphatic rings. The van der Waals surface area contributed by atoms with Crippen LogP contribution in [-0.4, -0.2) is 57.7 Å². The molecule has 0 radical (unpaired) electrons. The van der Waals surface area contributed by atoms with Crippen molar-refractivity contribution in [1.82, 2.24) is 24.8 Å². The molecule has 3 aromatic rings. The maximum Gasteiger partial charge on any atom is 0.374 e. The average Bonchev–Trinajstić information content (AvgIpc) is 3.41. The van der Waals surface area contributed by atoms with Gasteiger partial charge in [-0.3, -0.25) is 9.58 Å². The molecule has 4 rings (SSSR count). The summed E-state index contributed by atoms with van der Waals surface area (Å²) >= 11 is 0. The Hall–Kier alpha value is -2.98. The maximum atomic E-state index is 11.8. The molecule has 0 aromatic carbocycles. The molecule has 4 heterocycles. The number of carbonyl (C=O) groups is 1. The minimum Gasteiger partial charge on any atom is -0.463 e. The fourth-order valence-corrected chi connectivity index (χ4v) is 3.21. The van der Waals surface area contributed by atoms with Gasteiger partial charge in [0.15, 0.2) is 5.82 Å². The molecular formula is C18H21N5O5. The normalized spacial score (nSPS) is 17.8. The highest BCUT2D eigenvalue weighted by molar-refractivity contribution is 5.87. The monoisotopic (exact) mass is 387 g/mol. The predicted molar refractivity (Wildman–Crippen MR) is 95.3 cm³/mol. The number of esters is 1. The number of morpholine rings is 1. The largest absolute Gasteiger partial charge is 0.463 e. The highest BCUT2D eigenvalue weighted by Crippen LogP contribution is 2.27. The van der Waals surface area contributed by atoms with Crippen LogP contribution in [0.1, 0.15) is 33.7 Å². The van der Waals surface area contributed by atoms with Crippen LogP contribution in [-0.2, 0) is 23.1 Å². The molecule has 0 bridgehead atoms. The van der Waals surface area contributed by atoms with Gasteiger partial charge in [-0.05, 0) is 13.0 Å². The summed E-state index contributed by atoms with van der Waals surface area (Å²) in [5.41, 5.74) is 1.50. The van der Waals surface area contributed by atoms with E-state index in [0.29, 0.717) is 43.8 Å². The van der Waals surface area contributed by atoms with Gasteiger partial charge in [0.25, 0.3) is 5.89 Å². The number of methoxy groups -OCH3 is 1. The van der Waals surface area contributed by atoms with Gasteiger partial charge >= 0.3 is 5.97 Å². The van der Waals surface area contributed by atoms with E-state index >= 15 is 0 Å². The first kappa shape index (κ1) is 18.4. The summed E-state index contributed by atoms with van der Waals surface area (Å²) in [6, 6.07) is 1.66. The lowest BCUT2D eigenvalue weighted by Gasteiger charge is -2.32. The van der Waals surface area contributed by atoms with Crippen LogP contribution in [0.25, 0.3) is 11.5 Å². The summed E-state index contributed by atoms with van der Waals surface area (Å²) in [6.45, 7) is 4.01. The first-order valence-corrected chi connectivity index (χ1v) is 8.87. The second kappa shape index (κ2) is 7.56. The van der Waals surface area contributed by atoms with Crippen molar-refractivity contribution in [3.63, 3.8) is 0 Å². The molecule has 1 saturated heterocycles. The zero-order valence-electron chi connectivity index (χ0n) is 15.9. The van der Waals surface area contributed by atoms with Crippen molar-refractivity contribution in [2.45, 2.75) is 19.5 Å². The Labute approximate surface area is 161 Å². The summed E-state index contributed by atoms with van der Waals surface area (Å²) < 4.78 is 23.2. The second-order valence-corrected chi connectivity index (χ2v) is 6.64. The molecule has 1 unspecified atom stereocenters. The Balaban J connectivity index is 1.54. The number of ether oxygens (including phenoxy) is 2. The van der Waals surface area contributed by atoms with Crippen LogP contribution in [0.2, 0.25) is 0 Å². The first-order chi connectivity index (χ1) is 13.5. The zero-order chi connectivity index (χ0) is 19.7. The van der Waals surface area contributed by atoms with E-state index < -0.39 is 5.97 Å². The number of aromatic nitrogens is 4. The van der Waals surface area contributed by atoms with Gasteiger partial charge in [-0.2, -0.15) is 10.1 Å². The van der Waals surface area contributed by atoms with Crippen molar-refractivity contribution >= 4 is 5.97 Å². The highest BCUT2D eigenvalue weighted by atomic mass is 16.5. The molecule has 10 nitrogen and oxygen atoms in total. The van der Waals surface area contributed by atoms with Crippen LogP contribution in [0.3, 0.4) is 0 Å². The molecule has 0 spiro atoms. The van der Waals surface area contributed by atoms with E-state index in [1.807, 2.05) is 26.2 Å². The van der Waals surface area contributed by atoms with Crippen molar-refractivity contribution in [2.75, 3.05) is 26.9 Å². The Kier molecular flexibility index (Phi) is 4.97. The fourth-order valence-electron chi connectivity index (χ4n) is 3.21. The maximum absolute atomic E-state index is 11.8. The van der Waals surface area contributed by atoms with E-state index in [-0.39, 0.29) is 11.8 Å². The molecule has 1 aliphatic heterocycles. The smallest absolute Gasteiger partial charge is 0.374 e. The van der Waals surface area contributed by atoms with Gasteiger partial charge in [0.2, 0.25) is 5.76 Å². The summed E-state index contributed by atoms with van der Waals surface area (Å²) in [5, 5.41) is 8.25. The minimum absolute atomic E-state index is 0.185. The number of nitrogens with zero attached hydrogens (tertiary/aromatic N) is 5. The average molecular weight is 387 g/mol. The van der Waals surface area contributed by atoms with Gasteiger partial charge in [-0.25, -0.2) is 4.79 Å². The number of furan rings is 1. The number of hydrogen-bond acceptors (Lipinski definition) is 9. The van der Waals surface area contributed by atoms with Crippen LogP contribution in [0, 0.1) is 6.92 Å². The van der Waals surface area contributed by atoms with Crippen molar-refractivity contribution < 1.29 is 23.2 Å². The Bertz CT molecular complexity index is 975. The summed E-state index contributed by atoms with van der Waals surface area (Å²) in [5.74, 6) is 1.36. The second-order valence-electron chi connectivity index (χ2n) is 6.64. The molecule has 1 atom stereocenters. The lowest BCUT2D eigenvalue weighted by Crippen LogP contribution is -2.39. The van der Waals surface area contributed by atoms with Gasteiger partial charge in [-0.15, -0.1) is 0 Å². The third-order valence-corrected chi connectivity index (χ3v) is 4.63. The van der Waals surface area contributed by atoms with Crippen molar-refractivity contribution in [3.05, 3.63) is 41.4 Å². The van der Waals surface area contributed by atoms with Crippen LogP contribution in [0.15, 0.2) is 27.4 Å². The highest BCUT2D eigenvalue weighted by Gasteiger charge is 2.30. The molecule has 0 amide bonds. The Morgan fingerprint density at radius 3 is 3.04 bits per heavy atom. The lowest BCUT2D eigenvalue weighted by molar-refractivity contribution is -0.0194. The van der Waals surface area contributed by atoms with Crippen LogP contribution >= 0.6 is 0 Å². The van der Waals surface area contributed by atoms with Crippen LogP contribution in [0.4, 0.5) is 0 Å². The van der Waals surface area contributed by atoms with Gasteiger partial charge in [0.05, 0.1) is 44.7 Å². The van der Waals surface area contributed by atoms with Gasteiger partial charge in [0.1, 0.15) is 5.76 Å². The van der Waals surface area contributed by atoms with E-state index in [1.54, 1.807) is 10.9 Å². The molecule has 0 saturated carbocycles. The summed E-state index contributed by atoms with van der Waals surface area (Å²) in [4.78, 5) is 18.4. The molecule has 1 fully saturated rings. The van der Waals surface area contributed by atoms with E-state index in [9.17, 15) is 4.79 Å². The van der Waals surface area contributed by atoms with E-state index in [0.717, 1.165) is 11.1 Å². The van der Waals surface area contributed by atoms with Crippen LogP contribution < -0.4 is 0 Å². The standard InChI is InChI=1S/C18H21N5O5/c1-11-6-13(27-15(11)18(24)25-3)9-23-4-5-26-10-14(23)16-20-17(28-21-16)12-7-19-22(2)8-12/h6-8,14H,4-5,9-10H2,1-3H3. The quantitative estimate of drug-likeness (QED) is 0.605. The molecular weight excluding hydrogens is 366 g/mol. The van der Waals surface area contributed by atoms with E-state index in [1.165, 1.54) is 7.11 Å². The lowest BCUT2D eigenvalue weighted by atomic mass is 10.2. The molecule has 0 aliphatic carbocycles. The topological polar surface area (TPSA) is 109 Å². The third kappa shape index (κ3) is 3.56. The predicted octanol–water partition coefficient (Wildman–Crippen LogP) is 1.73. The van der Waals surface area contributed by atoms with E-state index in [2.05, 4.69) is 20.1 Å². The minimum atomic E-state index is -0.485. The molecule has 0 N–H and O–H groups in total. The van der Waals surface area contributed by atoms with Crippen LogP contribution in [0.5, 0.6) is 0 Å². The third-order valence-electron chi connectivity index (χ3n) is 4.63. The van der Waals surface area contributed by atoms with Gasteiger partial charge < -0.3 is 18.4 Å². The van der Waals surface area contributed by atoms with Crippen molar-refractivity contribution in [2.24, 2.45) is 7.05 Å². The fraction of sp³-hybridized carbons (Fsp3) is 0.444. The molecule has 10 heteroatoms. The van der Waals surface area contributed by atoms with Gasteiger partial charge in [0, 0.05) is 25.4 Å². The first-order valence-electron chi connectivity index (χ1n) is 8.87. The number of aryl methyl sites for hydroxylation is 2. The molecule has 28 heavy (non-hydrogen) atoms. The number of carbonyl (C=O) groups excluding carboxylic acids is 1. The van der Waals surface area contributed by atoms with Crippen molar-refractivity contribution in [3.8, 4) is 11.5 Å². The van der Waals surface area contributed by atoms with Gasteiger partial charge in [-0.1, -0.05) is 5.16 Å². The SMILES string of the molecule is COC(=O)c1oc(CN2CCOCC2c2noc(-c3cnn(C)c3)n2)cc1C. The Morgan fingerprint density at radius 1 is 1.43 bits per heavy atom. The van der Waals surface area contributed by atoms with E-state index in [4.69, 9.17) is 18.4 Å². The van der Waals surface area contributed by atoms with Crippen molar-refractivity contribution in [1.29, 1.82) is 0 Å². The Morgan fingerprint density at radius 2 is 2.29 bits per heavy atom. The zero-order valence-corrected chi connectivity index (χ0v) is 15.9. The summed E-state index contributed by atoms with van der Waals surface area (Å²) in [7, 11) is 3.16. The number of hydrogen-bond donors (Lipinski definition) is 0. The molecule has 148 valence electrons. The summed E-state index contributed by atoms with van der Waals surface area (Å²) in [6.07, 6.45) is 3.48. The molecule has 3 aromatic heterocycles. The number of rotatable bonds is 5.